The molecular weight excluding hydrogens is 142 g/mol. The Hall–Kier alpha value is -0.990. The maximum atomic E-state index is 11.0. The molecule has 3 nitrogen and oxygen atoms in total. The van der Waals surface area contributed by atoms with Crippen LogP contribution in [0.3, 0.4) is 0 Å². The fourth-order valence-electron chi connectivity index (χ4n) is 1.15. The molecule has 0 radical (unpaired) electrons. The third-order valence-corrected chi connectivity index (χ3v) is 1.70. The molecule has 1 N–H and O–H groups in total. The summed E-state index contributed by atoms with van der Waals surface area (Å²) in [5, 5.41) is 2.34. The number of H-pyrrole nitrogens is 1. The van der Waals surface area contributed by atoms with Crippen LogP contribution in [-0.2, 0) is 12.8 Å². The van der Waals surface area contributed by atoms with Gasteiger partial charge in [-0.15, -0.1) is 0 Å². The van der Waals surface area contributed by atoms with E-state index >= 15 is 0 Å². The molecule has 1 heterocycles. The zero-order valence-electron chi connectivity index (χ0n) is 6.94. The van der Waals surface area contributed by atoms with Gasteiger partial charge in [-0.1, -0.05) is 20.3 Å². The van der Waals surface area contributed by atoms with Crippen molar-refractivity contribution < 1.29 is 4.52 Å². The first-order chi connectivity index (χ1) is 5.29. The van der Waals surface area contributed by atoms with Gasteiger partial charge in [0.05, 0.1) is 5.56 Å². The Labute approximate surface area is 65.4 Å². The van der Waals surface area contributed by atoms with Crippen molar-refractivity contribution in [2.24, 2.45) is 0 Å². The van der Waals surface area contributed by atoms with Crippen LogP contribution in [0.5, 0.6) is 0 Å². The van der Waals surface area contributed by atoms with Gasteiger partial charge in [-0.05, 0) is 6.42 Å². The van der Waals surface area contributed by atoms with E-state index in [1.165, 1.54) is 0 Å². The minimum Gasteiger partial charge on any atom is -0.383 e. The van der Waals surface area contributed by atoms with Crippen LogP contribution in [0.4, 0.5) is 0 Å². The molecule has 0 bridgehead atoms. The molecule has 1 aromatic heterocycles. The van der Waals surface area contributed by atoms with E-state index < -0.39 is 0 Å². The lowest BCUT2D eigenvalue weighted by atomic mass is 10.1. The van der Waals surface area contributed by atoms with Gasteiger partial charge in [-0.3, -0.25) is 4.79 Å². The maximum absolute atomic E-state index is 11.0. The summed E-state index contributed by atoms with van der Waals surface area (Å²) in [5.74, 6) is 0.803. The van der Waals surface area contributed by atoms with Crippen molar-refractivity contribution in [3.63, 3.8) is 0 Å². The predicted molar refractivity (Wildman–Crippen MR) is 42.7 cm³/mol. The van der Waals surface area contributed by atoms with E-state index in [1.54, 1.807) is 0 Å². The van der Waals surface area contributed by atoms with E-state index in [0.29, 0.717) is 0 Å². The monoisotopic (exact) mass is 155 g/mol. The fraction of sp³-hybridized carbons (Fsp3) is 0.625. The Kier molecular flexibility index (Phi) is 2.52. The Morgan fingerprint density at radius 1 is 1.45 bits per heavy atom. The van der Waals surface area contributed by atoms with Gasteiger partial charge in [0.2, 0.25) is 0 Å². The second-order valence-corrected chi connectivity index (χ2v) is 2.54. The molecule has 0 atom stereocenters. The lowest BCUT2D eigenvalue weighted by Gasteiger charge is -1.91. The molecule has 0 spiro atoms. The van der Waals surface area contributed by atoms with Gasteiger partial charge in [-0.2, -0.15) is 5.16 Å². The summed E-state index contributed by atoms with van der Waals surface area (Å²) < 4.78 is 4.96. The predicted octanol–water partition coefficient (Wildman–Crippen LogP) is 1.48. The first kappa shape index (κ1) is 8.11. The molecule has 0 amide bonds. The van der Waals surface area contributed by atoms with Crippen LogP contribution in [0.2, 0.25) is 0 Å². The highest BCUT2D eigenvalue weighted by Crippen LogP contribution is 2.05. The summed E-state index contributed by atoms with van der Waals surface area (Å²) in [6.45, 7) is 4.02. The lowest BCUT2D eigenvalue weighted by molar-refractivity contribution is 0.380. The second-order valence-electron chi connectivity index (χ2n) is 2.54. The average Bonchev–Trinajstić information content (AvgIpc) is 2.34. The van der Waals surface area contributed by atoms with Crippen molar-refractivity contribution in [3.05, 3.63) is 21.7 Å². The molecule has 62 valence electrons. The molecule has 11 heavy (non-hydrogen) atoms. The summed E-state index contributed by atoms with van der Waals surface area (Å²) in [5.41, 5.74) is 0.749. The van der Waals surface area contributed by atoms with Crippen LogP contribution in [0.1, 0.15) is 31.6 Å². The highest BCUT2D eigenvalue weighted by atomic mass is 16.5. The zero-order chi connectivity index (χ0) is 8.27. The number of hydrogen-bond donors (Lipinski definition) is 1. The molecule has 0 saturated heterocycles. The van der Waals surface area contributed by atoms with Gasteiger partial charge in [0.25, 0.3) is 5.56 Å². The summed E-state index contributed by atoms with van der Waals surface area (Å²) in [6, 6.07) is 0. The van der Waals surface area contributed by atoms with E-state index in [1.807, 2.05) is 13.8 Å². The molecule has 0 aliphatic rings. The Morgan fingerprint density at radius 2 is 2.18 bits per heavy atom. The largest absolute Gasteiger partial charge is 0.383 e. The first-order valence-corrected chi connectivity index (χ1v) is 3.98. The number of aromatic amines is 1. The SMILES string of the molecule is CCCc1c(CC)o[nH]c1=O. The van der Waals surface area contributed by atoms with Crippen molar-refractivity contribution in [2.45, 2.75) is 33.1 Å². The quantitative estimate of drug-likeness (QED) is 0.718. The van der Waals surface area contributed by atoms with E-state index in [2.05, 4.69) is 5.16 Å². The van der Waals surface area contributed by atoms with Gasteiger partial charge in [0.1, 0.15) is 5.76 Å². The molecule has 0 unspecified atom stereocenters. The third-order valence-electron chi connectivity index (χ3n) is 1.70. The highest BCUT2D eigenvalue weighted by molar-refractivity contribution is 5.13. The number of aromatic nitrogens is 1. The molecular formula is C8H13NO2. The van der Waals surface area contributed by atoms with Gasteiger partial charge < -0.3 is 4.52 Å². The lowest BCUT2D eigenvalue weighted by Crippen LogP contribution is -2.06. The number of hydrogen-bond acceptors (Lipinski definition) is 2. The molecule has 0 aliphatic heterocycles. The van der Waals surface area contributed by atoms with Crippen LogP contribution in [0.25, 0.3) is 0 Å². The van der Waals surface area contributed by atoms with Crippen molar-refractivity contribution >= 4 is 0 Å². The van der Waals surface area contributed by atoms with E-state index in [-0.39, 0.29) is 5.56 Å². The first-order valence-electron chi connectivity index (χ1n) is 3.98. The summed E-state index contributed by atoms with van der Waals surface area (Å²) in [6.07, 6.45) is 2.58. The number of aryl methyl sites for hydroxylation is 1. The third kappa shape index (κ3) is 1.53. The number of nitrogens with one attached hydrogen (secondary N) is 1. The Morgan fingerprint density at radius 3 is 2.73 bits per heavy atom. The van der Waals surface area contributed by atoms with Gasteiger partial charge >= 0.3 is 0 Å². The molecule has 0 aromatic carbocycles. The minimum absolute atomic E-state index is 0.0660. The van der Waals surface area contributed by atoms with Crippen molar-refractivity contribution in [1.29, 1.82) is 0 Å². The summed E-state index contributed by atoms with van der Waals surface area (Å²) in [4.78, 5) is 11.0. The standard InChI is InChI=1S/C8H13NO2/c1-3-5-6-7(4-2)11-9-8(6)10/h3-5H2,1-2H3,(H,9,10). The van der Waals surface area contributed by atoms with E-state index in [4.69, 9.17) is 4.52 Å². The van der Waals surface area contributed by atoms with Gasteiger partial charge in [0, 0.05) is 6.42 Å². The molecule has 0 aliphatic carbocycles. The van der Waals surface area contributed by atoms with Crippen molar-refractivity contribution in [3.8, 4) is 0 Å². The summed E-state index contributed by atoms with van der Waals surface area (Å²) in [7, 11) is 0. The van der Waals surface area contributed by atoms with E-state index in [0.717, 1.165) is 30.6 Å². The normalized spacial score (nSPS) is 10.4. The maximum Gasteiger partial charge on any atom is 0.283 e. The number of rotatable bonds is 3. The molecule has 1 aromatic rings. The van der Waals surface area contributed by atoms with Crippen molar-refractivity contribution in [1.82, 2.24) is 5.16 Å². The van der Waals surface area contributed by atoms with Crippen molar-refractivity contribution in [2.75, 3.05) is 0 Å². The highest BCUT2D eigenvalue weighted by Gasteiger charge is 2.08. The smallest absolute Gasteiger partial charge is 0.283 e. The fourth-order valence-corrected chi connectivity index (χ4v) is 1.15. The van der Waals surface area contributed by atoms with Crippen LogP contribution < -0.4 is 5.56 Å². The van der Waals surface area contributed by atoms with Crippen LogP contribution >= 0.6 is 0 Å². The molecule has 3 heteroatoms. The van der Waals surface area contributed by atoms with Gasteiger partial charge in [-0.25, -0.2) is 0 Å². The Bertz CT molecular complexity index is 272. The minimum atomic E-state index is -0.0660. The molecule has 1 rings (SSSR count). The Balaban J connectivity index is 2.97. The summed E-state index contributed by atoms with van der Waals surface area (Å²) >= 11 is 0. The molecule has 0 fully saturated rings. The molecule has 0 saturated carbocycles. The van der Waals surface area contributed by atoms with Crippen LogP contribution in [0.15, 0.2) is 9.32 Å². The van der Waals surface area contributed by atoms with E-state index in [9.17, 15) is 4.79 Å². The van der Waals surface area contributed by atoms with Crippen LogP contribution in [-0.4, -0.2) is 5.16 Å². The average molecular weight is 155 g/mol. The topological polar surface area (TPSA) is 46.0 Å². The second kappa shape index (κ2) is 3.42. The zero-order valence-corrected chi connectivity index (χ0v) is 6.94. The van der Waals surface area contributed by atoms with Crippen LogP contribution in [0, 0.1) is 0 Å². The van der Waals surface area contributed by atoms with Gasteiger partial charge in [0.15, 0.2) is 0 Å².